The molecule has 0 aliphatic rings. The molecule has 0 amide bonds. The minimum absolute atomic E-state index is 0.278. The highest BCUT2D eigenvalue weighted by Crippen LogP contribution is 1.98. The summed E-state index contributed by atoms with van der Waals surface area (Å²) in [6, 6.07) is 0. The third kappa shape index (κ3) is 9.25. The molecule has 0 heterocycles. The lowest BCUT2D eigenvalue weighted by atomic mass is 10.2. The topological polar surface area (TPSA) is 52.6 Å². The van der Waals surface area contributed by atoms with Crippen LogP contribution < -0.4 is 0 Å². The molecule has 0 aromatic rings. The summed E-state index contributed by atoms with van der Waals surface area (Å²) in [5.74, 6) is -0.476. The van der Waals surface area contributed by atoms with Crippen LogP contribution in [0.2, 0.25) is 0 Å². The Balaban J connectivity index is 3.63. The van der Waals surface area contributed by atoms with Crippen LogP contribution in [0.3, 0.4) is 0 Å². The second kappa shape index (κ2) is 7.26. The summed E-state index contributed by atoms with van der Waals surface area (Å²) < 4.78 is 9.68. The van der Waals surface area contributed by atoms with Gasteiger partial charge in [-0.25, -0.2) is 0 Å². The van der Waals surface area contributed by atoms with Gasteiger partial charge >= 0.3 is 11.9 Å². The van der Waals surface area contributed by atoms with E-state index in [-0.39, 0.29) is 18.3 Å². The first-order valence-electron chi connectivity index (χ1n) is 5.23. The first kappa shape index (κ1) is 13.9. The maximum absolute atomic E-state index is 11.1. The van der Waals surface area contributed by atoms with Crippen molar-refractivity contribution in [3.8, 4) is 0 Å². The van der Waals surface area contributed by atoms with Gasteiger partial charge in [-0.3, -0.25) is 9.59 Å². The second-order valence-corrected chi connectivity index (χ2v) is 4.33. The van der Waals surface area contributed by atoms with Gasteiger partial charge in [0.2, 0.25) is 0 Å². The Kier molecular flexibility index (Phi) is 6.75. The normalized spacial score (nSPS) is 10.5. The maximum atomic E-state index is 11.1. The van der Waals surface area contributed by atoms with Gasteiger partial charge < -0.3 is 9.47 Å². The SMILES string of the molecule is CC(C)COC(=O)CC(=O)OCC(C)C. The summed E-state index contributed by atoms with van der Waals surface area (Å²) in [6.07, 6.45) is -0.292. The van der Waals surface area contributed by atoms with Crippen molar-refractivity contribution >= 4 is 11.9 Å². The molecular formula is C11H20O4. The van der Waals surface area contributed by atoms with Crippen LogP contribution in [0.15, 0.2) is 0 Å². The number of hydrogen-bond acceptors (Lipinski definition) is 4. The van der Waals surface area contributed by atoms with Crippen molar-refractivity contribution in [3.63, 3.8) is 0 Å². The fourth-order valence-corrected chi connectivity index (χ4v) is 0.739. The van der Waals surface area contributed by atoms with Crippen molar-refractivity contribution in [2.24, 2.45) is 11.8 Å². The molecule has 88 valence electrons. The number of esters is 2. The maximum Gasteiger partial charge on any atom is 0.317 e. The van der Waals surface area contributed by atoms with Gasteiger partial charge in [-0.2, -0.15) is 0 Å². The minimum Gasteiger partial charge on any atom is -0.465 e. The lowest BCUT2D eigenvalue weighted by molar-refractivity contribution is -0.155. The Hall–Kier alpha value is -1.06. The molecular weight excluding hydrogens is 196 g/mol. The molecule has 0 radical (unpaired) electrons. The van der Waals surface area contributed by atoms with Gasteiger partial charge in [-0.1, -0.05) is 27.7 Å². The largest absolute Gasteiger partial charge is 0.465 e. The molecule has 15 heavy (non-hydrogen) atoms. The van der Waals surface area contributed by atoms with Crippen LogP contribution in [0.5, 0.6) is 0 Å². The molecule has 0 fully saturated rings. The van der Waals surface area contributed by atoms with Gasteiger partial charge in [-0.05, 0) is 11.8 Å². The Morgan fingerprint density at radius 2 is 1.20 bits per heavy atom. The third-order valence-electron chi connectivity index (χ3n) is 1.44. The molecule has 0 N–H and O–H groups in total. The highest BCUT2D eigenvalue weighted by Gasteiger charge is 2.12. The van der Waals surface area contributed by atoms with Gasteiger partial charge in [-0.15, -0.1) is 0 Å². The number of rotatable bonds is 6. The van der Waals surface area contributed by atoms with E-state index in [1.54, 1.807) is 0 Å². The lowest BCUT2D eigenvalue weighted by Crippen LogP contribution is -2.17. The molecule has 0 atom stereocenters. The summed E-state index contributed by atoms with van der Waals surface area (Å²) in [6.45, 7) is 8.43. The van der Waals surface area contributed by atoms with Gasteiger partial charge in [0.05, 0.1) is 13.2 Å². The van der Waals surface area contributed by atoms with Crippen molar-refractivity contribution in [2.75, 3.05) is 13.2 Å². The van der Waals surface area contributed by atoms with Crippen molar-refractivity contribution in [3.05, 3.63) is 0 Å². The molecule has 0 aliphatic carbocycles. The van der Waals surface area contributed by atoms with Crippen LogP contribution in [-0.2, 0) is 19.1 Å². The Bertz CT molecular complexity index is 187. The van der Waals surface area contributed by atoms with Crippen LogP contribution in [-0.4, -0.2) is 25.2 Å². The third-order valence-corrected chi connectivity index (χ3v) is 1.44. The van der Waals surface area contributed by atoms with E-state index < -0.39 is 11.9 Å². The molecule has 0 aromatic carbocycles. The molecule has 0 bridgehead atoms. The van der Waals surface area contributed by atoms with E-state index in [0.717, 1.165) is 0 Å². The van der Waals surface area contributed by atoms with Gasteiger partial charge in [0.15, 0.2) is 0 Å². The first-order valence-corrected chi connectivity index (χ1v) is 5.23. The molecule has 0 rings (SSSR count). The van der Waals surface area contributed by atoms with E-state index in [0.29, 0.717) is 13.2 Å². The summed E-state index contributed by atoms with van der Waals surface area (Å²) in [5, 5.41) is 0. The molecule has 0 unspecified atom stereocenters. The Morgan fingerprint density at radius 1 is 0.867 bits per heavy atom. The molecule has 0 aliphatic heterocycles. The van der Waals surface area contributed by atoms with Crippen molar-refractivity contribution in [1.29, 1.82) is 0 Å². The highest BCUT2D eigenvalue weighted by atomic mass is 16.6. The van der Waals surface area contributed by atoms with Crippen molar-refractivity contribution in [1.82, 2.24) is 0 Å². The second-order valence-electron chi connectivity index (χ2n) is 4.33. The van der Waals surface area contributed by atoms with Crippen LogP contribution in [0.1, 0.15) is 34.1 Å². The highest BCUT2D eigenvalue weighted by molar-refractivity contribution is 5.91. The van der Waals surface area contributed by atoms with E-state index in [9.17, 15) is 9.59 Å². The zero-order valence-corrected chi connectivity index (χ0v) is 9.91. The Labute approximate surface area is 90.9 Å². The molecule has 0 saturated heterocycles. The average molecular weight is 216 g/mol. The van der Waals surface area contributed by atoms with Gasteiger partial charge in [0.1, 0.15) is 6.42 Å². The zero-order chi connectivity index (χ0) is 11.8. The predicted octanol–water partition coefficient (Wildman–Crippen LogP) is 1.77. The monoisotopic (exact) mass is 216 g/mol. The van der Waals surface area contributed by atoms with Crippen molar-refractivity contribution in [2.45, 2.75) is 34.1 Å². The predicted molar refractivity (Wildman–Crippen MR) is 56.2 cm³/mol. The van der Waals surface area contributed by atoms with Crippen LogP contribution in [0.4, 0.5) is 0 Å². The van der Waals surface area contributed by atoms with E-state index in [2.05, 4.69) is 0 Å². The smallest absolute Gasteiger partial charge is 0.317 e. The number of carbonyl (C=O) groups is 2. The lowest BCUT2D eigenvalue weighted by Gasteiger charge is -2.08. The molecule has 0 spiro atoms. The summed E-state index contributed by atoms with van der Waals surface area (Å²) in [4.78, 5) is 22.2. The minimum atomic E-state index is -0.516. The van der Waals surface area contributed by atoms with Crippen LogP contribution in [0.25, 0.3) is 0 Å². The Morgan fingerprint density at radius 3 is 1.47 bits per heavy atom. The molecule has 4 heteroatoms. The average Bonchev–Trinajstić information content (AvgIpc) is 2.11. The van der Waals surface area contributed by atoms with E-state index in [1.165, 1.54) is 0 Å². The van der Waals surface area contributed by atoms with Gasteiger partial charge in [0, 0.05) is 0 Å². The van der Waals surface area contributed by atoms with Crippen LogP contribution in [0, 0.1) is 11.8 Å². The number of hydrogen-bond donors (Lipinski definition) is 0. The fourth-order valence-electron chi connectivity index (χ4n) is 0.739. The zero-order valence-electron chi connectivity index (χ0n) is 9.91. The summed E-state index contributed by atoms with van der Waals surface area (Å²) >= 11 is 0. The fraction of sp³-hybridized carbons (Fsp3) is 0.818. The van der Waals surface area contributed by atoms with Gasteiger partial charge in [0.25, 0.3) is 0 Å². The van der Waals surface area contributed by atoms with Crippen molar-refractivity contribution < 1.29 is 19.1 Å². The van der Waals surface area contributed by atoms with E-state index >= 15 is 0 Å². The quantitative estimate of drug-likeness (QED) is 0.501. The summed E-state index contributed by atoms with van der Waals surface area (Å²) in [7, 11) is 0. The molecule has 0 aromatic heterocycles. The number of ether oxygens (including phenoxy) is 2. The molecule has 4 nitrogen and oxygen atoms in total. The number of carbonyl (C=O) groups excluding carboxylic acids is 2. The van der Waals surface area contributed by atoms with E-state index in [1.807, 2.05) is 27.7 Å². The first-order chi connectivity index (χ1) is 6.91. The van der Waals surface area contributed by atoms with E-state index in [4.69, 9.17) is 9.47 Å². The van der Waals surface area contributed by atoms with Crippen LogP contribution >= 0.6 is 0 Å². The molecule has 0 saturated carbocycles. The standard InChI is InChI=1S/C11H20O4/c1-8(2)6-14-10(12)5-11(13)15-7-9(3)4/h8-9H,5-7H2,1-4H3. The summed E-state index contributed by atoms with van der Waals surface area (Å²) in [5.41, 5.74) is 0.